The number of rotatable bonds is 3. The topological polar surface area (TPSA) is 118 Å². The van der Waals surface area contributed by atoms with E-state index < -0.39 is 46.9 Å². The summed E-state index contributed by atoms with van der Waals surface area (Å²) < 4.78 is 15.7. The summed E-state index contributed by atoms with van der Waals surface area (Å²) in [5.74, 6) is -8.96. The third kappa shape index (κ3) is 3.40. The molecule has 1 spiro atoms. The average Bonchev–Trinajstić information content (AvgIpc) is 2.59. The summed E-state index contributed by atoms with van der Waals surface area (Å²) in [7, 11) is 0. The number of hydrogen-bond acceptors (Lipinski definition) is 9. The Bertz CT molecular complexity index is 628. The van der Waals surface area contributed by atoms with Gasteiger partial charge in [-0.25, -0.2) is 14.5 Å². The molecule has 3 atom stereocenters. The van der Waals surface area contributed by atoms with Gasteiger partial charge in [-0.15, -0.1) is 0 Å². The van der Waals surface area contributed by atoms with Crippen molar-refractivity contribution >= 4 is 17.9 Å². The van der Waals surface area contributed by atoms with Crippen LogP contribution in [0.1, 0.15) is 59.8 Å². The molecule has 9 heteroatoms. The van der Waals surface area contributed by atoms with Crippen LogP contribution in [0.25, 0.3) is 0 Å². The summed E-state index contributed by atoms with van der Waals surface area (Å²) in [6, 6.07) is 0. The molecule has 28 heavy (non-hydrogen) atoms. The van der Waals surface area contributed by atoms with Crippen LogP contribution in [0.3, 0.4) is 0 Å². The normalized spacial score (nSPS) is 35.2. The second-order valence-electron chi connectivity index (χ2n) is 8.29. The fourth-order valence-electron chi connectivity index (χ4n) is 4.56. The van der Waals surface area contributed by atoms with E-state index in [9.17, 15) is 19.5 Å². The second-order valence-corrected chi connectivity index (χ2v) is 8.29. The molecule has 9 nitrogen and oxygen atoms in total. The fourth-order valence-corrected chi connectivity index (χ4v) is 4.56. The molecule has 0 radical (unpaired) electrons. The first-order valence-corrected chi connectivity index (χ1v) is 9.78. The largest absolute Gasteiger partial charge is 0.466 e. The lowest BCUT2D eigenvalue weighted by atomic mass is 9.63. The first-order chi connectivity index (χ1) is 13.0. The van der Waals surface area contributed by atoms with Crippen LogP contribution in [-0.4, -0.2) is 46.8 Å². The molecule has 1 N–H and O–H groups in total. The van der Waals surface area contributed by atoms with Crippen molar-refractivity contribution in [1.82, 2.24) is 0 Å². The van der Waals surface area contributed by atoms with Crippen LogP contribution in [0.4, 0.5) is 0 Å². The van der Waals surface area contributed by atoms with E-state index in [2.05, 4.69) is 0 Å². The predicted octanol–water partition coefficient (Wildman–Crippen LogP) is 1.61. The van der Waals surface area contributed by atoms with Crippen LogP contribution in [0.5, 0.6) is 0 Å². The molecule has 1 saturated carbocycles. The van der Waals surface area contributed by atoms with Crippen LogP contribution < -0.4 is 0 Å². The highest BCUT2D eigenvalue weighted by atomic mass is 17.2. The zero-order chi connectivity index (χ0) is 20.7. The van der Waals surface area contributed by atoms with E-state index >= 15 is 0 Å². The van der Waals surface area contributed by atoms with Gasteiger partial charge >= 0.3 is 17.9 Å². The average molecular weight is 400 g/mol. The number of esters is 3. The summed E-state index contributed by atoms with van der Waals surface area (Å²) in [5, 5.41) is 10.8. The lowest BCUT2D eigenvalue weighted by molar-refractivity contribution is -0.498. The van der Waals surface area contributed by atoms with Crippen molar-refractivity contribution < 1.29 is 43.5 Å². The Morgan fingerprint density at radius 1 is 1.07 bits per heavy atom. The first kappa shape index (κ1) is 21.0. The first-order valence-electron chi connectivity index (χ1n) is 9.78. The molecule has 3 fully saturated rings. The third-order valence-electron chi connectivity index (χ3n) is 5.73. The summed E-state index contributed by atoms with van der Waals surface area (Å²) in [5.41, 5.74) is -2.29. The third-order valence-corrected chi connectivity index (χ3v) is 5.73. The monoisotopic (exact) mass is 400 g/mol. The van der Waals surface area contributed by atoms with E-state index in [1.165, 1.54) is 20.8 Å². The molecule has 2 aliphatic heterocycles. The maximum atomic E-state index is 13.0. The van der Waals surface area contributed by atoms with Crippen molar-refractivity contribution in [2.75, 3.05) is 6.61 Å². The van der Waals surface area contributed by atoms with Crippen molar-refractivity contribution in [2.45, 2.75) is 77.0 Å². The molecule has 3 aliphatic rings. The molecular weight excluding hydrogens is 372 g/mol. The van der Waals surface area contributed by atoms with Gasteiger partial charge in [-0.1, -0.05) is 32.1 Å². The molecule has 0 aromatic rings. The standard InChI is InChI=1S/C19H28O9/c1-5-24-14(20)13-12(11-9-7-6-8-10-11)19(28-27-18(13,4)23)15(21)25-17(2,3)26-16(19)22/h11-13,23H,5-10H2,1-4H3/t12-,13+,18+/m1/s1. The van der Waals surface area contributed by atoms with Gasteiger partial charge in [0.1, 0.15) is 5.92 Å². The van der Waals surface area contributed by atoms with Crippen LogP contribution in [-0.2, 0) is 38.4 Å². The van der Waals surface area contributed by atoms with Gasteiger partial charge in [0, 0.05) is 19.8 Å². The molecule has 0 aromatic carbocycles. The van der Waals surface area contributed by atoms with Gasteiger partial charge in [0.2, 0.25) is 5.79 Å². The number of carbonyl (C=O) groups is 3. The van der Waals surface area contributed by atoms with Crippen LogP contribution in [0.15, 0.2) is 0 Å². The van der Waals surface area contributed by atoms with Gasteiger partial charge in [-0.2, -0.15) is 4.89 Å². The maximum Gasteiger partial charge on any atom is 0.357 e. The number of aliphatic hydroxyl groups is 1. The SMILES string of the molecule is CCOC(=O)[C@@H]1[C@@H](C2CCCCC2)C2(OO[C@]1(C)O)C(=O)OC(C)(C)OC2=O. The van der Waals surface area contributed by atoms with Crippen molar-refractivity contribution in [3.8, 4) is 0 Å². The Balaban J connectivity index is 2.11. The minimum Gasteiger partial charge on any atom is -0.466 e. The Morgan fingerprint density at radius 2 is 1.64 bits per heavy atom. The Hall–Kier alpha value is -1.71. The van der Waals surface area contributed by atoms with Gasteiger partial charge in [-0.3, -0.25) is 4.79 Å². The second kappa shape index (κ2) is 7.27. The van der Waals surface area contributed by atoms with Gasteiger partial charge in [-0.05, 0) is 19.8 Å². The highest BCUT2D eigenvalue weighted by Gasteiger charge is 2.73. The van der Waals surface area contributed by atoms with Crippen molar-refractivity contribution in [3.05, 3.63) is 0 Å². The van der Waals surface area contributed by atoms with E-state index in [1.54, 1.807) is 6.92 Å². The Kier molecular flexibility index (Phi) is 5.46. The van der Waals surface area contributed by atoms with Crippen LogP contribution >= 0.6 is 0 Å². The smallest absolute Gasteiger partial charge is 0.357 e. The number of carbonyl (C=O) groups excluding carboxylic acids is 3. The van der Waals surface area contributed by atoms with Gasteiger partial charge in [0.15, 0.2) is 0 Å². The highest BCUT2D eigenvalue weighted by Crippen LogP contribution is 2.52. The zero-order valence-electron chi connectivity index (χ0n) is 16.7. The van der Waals surface area contributed by atoms with E-state index in [0.29, 0.717) is 12.8 Å². The number of cyclic esters (lactones) is 2. The molecule has 0 bridgehead atoms. The van der Waals surface area contributed by atoms with Gasteiger partial charge < -0.3 is 19.3 Å². The number of ether oxygens (including phenoxy) is 3. The van der Waals surface area contributed by atoms with Gasteiger partial charge in [0.25, 0.3) is 11.4 Å². The fraction of sp³-hybridized carbons (Fsp3) is 0.842. The van der Waals surface area contributed by atoms with Crippen molar-refractivity contribution in [3.63, 3.8) is 0 Å². The molecule has 1 aliphatic carbocycles. The zero-order valence-corrected chi connectivity index (χ0v) is 16.7. The summed E-state index contributed by atoms with van der Waals surface area (Å²) in [6.45, 7) is 5.80. The van der Waals surface area contributed by atoms with Crippen LogP contribution in [0.2, 0.25) is 0 Å². The molecular formula is C19H28O9. The molecule has 3 rings (SSSR count). The summed E-state index contributed by atoms with van der Waals surface area (Å²) in [4.78, 5) is 49.1. The quantitative estimate of drug-likeness (QED) is 0.428. The van der Waals surface area contributed by atoms with Crippen LogP contribution in [0, 0.1) is 17.8 Å². The predicted molar refractivity (Wildman–Crippen MR) is 92.0 cm³/mol. The summed E-state index contributed by atoms with van der Waals surface area (Å²) >= 11 is 0. The summed E-state index contributed by atoms with van der Waals surface area (Å²) in [6.07, 6.45) is 4.06. The molecule has 158 valence electrons. The number of hydrogen-bond donors (Lipinski definition) is 1. The van der Waals surface area contributed by atoms with Crippen molar-refractivity contribution in [1.29, 1.82) is 0 Å². The molecule has 0 aromatic heterocycles. The molecule has 0 unspecified atom stereocenters. The van der Waals surface area contributed by atoms with Crippen molar-refractivity contribution in [2.24, 2.45) is 17.8 Å². The van der Waals surface area contributed by atoms with E-state index in [1.807, 2.05) is 0 Å². The maximum absolute atomic E-state index is 13.0. The molecule has 2 saturated heterocycles. The molecule has 2 heterocycles. The van der Waals surface area contributed by atoms with E-state index in [0.717, 1.165) is 19.3 Å². The highest BCUT2D eigenvalue weighted by molar-refractivity contribution is 6.06. The van der Waals surface area contributed by atoms with E-state index in [-0.39, 0.29) is 12.5 Å². The lowest BCUT2D eigenvalue weighted by Crippen LogP contribution is -2.72. The minimum absolute atomic E-state index is 0.0680. The van der Waals surface area contributed by atoms with E-state index in [4.69, 9.17) is 24.0 Å². The Morgan fingerprint density at radius 3 is 2.18 bits per heavy atom. The van der Waals surface area contributed by atoms with Gasteiger partial charge in [0.05, 0.1) is 6.61 Å². The Labute approximate surface area is 163 Å². The minimum atomic E-state index is -2.29. The lowest BCUT2D eigenvalue weighted by Gasteiger charge is -2.52. The molecule has 0 amide bonds.